The molecule has 1 saturated heterocycles. The van der Waals surface area contributed by atoms with E-state index in [4.69, 9.17) is 4.74 Å². The molecule has 1 atom stereocenters. The quantitative estimate of drug-likeness (QED) is 0.775. The average Bonchev–Trinajstić information content (AvgIpc) is 2.82. The van der Waals surface area contributed by atoms with Crippen molar-refractivity contribution in [2.75, 3.05) is 25.2 Å². The topological polar surface area (TPSA) is 55.8 Å². The standard InChI is InChI=1S/C14H15BrFNO4/c1-3-21-13-10(15)5-9(16)6-11(13)17-7-8(4-12(17)18)14(19)20-2/h5-6,8H,3-4,7H2,1-2H3. The number of rotatable bonds is 4. The van der Waals surface area contributed by atoms with Crippen LogP contribution in [0.2, 0.25) is 0 Å². The van der Waals surface area contributed by atoms with E-state index in [1.54, 1.807) is 6.92 Å². The highest BCUT2D eigenvalue weighted by Crippen LogP contribution is 2.39. The van der Waals surface area contributed by atoms with Gasteiger partial charge in [-0.3, -0.25) is 9.59 Å². The van der Waals surface area contributed by atoms with Gasteiger partial charge in [-0.1, -0.05) is 0 Å². The summed E-state index contributed by atoms with van der Waals surface area (Å²) in [5.41, 5.74) is 0.320. The summed E-state index contributed by atoms with van der Waals surface area (Å²) in [5.74, 6) is -1.35. The van der Waals surface area contributed by atoms with Crippen LogP contribution in [0.1, 0.15) is 13.3 Å². The number of nitrogens with zero attached hydrogens (tertiary/aromatic N) is 1. The predicted octanol–water partition coefficient (Wildman–Crippen LogP) is 2.51. The van der Waals surface area contributed by atoms with Gasteiger partial charge < -0.3 is 14.4 Å². The number of hydrogen-bond donors (Lipinski definition) is 0. The van der Waals surface area contributed by atoms with Crippen LogP contribution in [0, 0.1) is 11.7 Å². The van der Waals surface area contributed by atoms with Crippen LogP contribution < -0.4 is 9.64 Å². The zero-order chi connectivity index (χ0) is 15.6. The maximum atomic E-state index is 13.6. The highest BCUT2D eigenvalue weighted by atomic mass is 79.9. The molecule has 1 aliphatic heterocycles. The Labute approximate surface area is 130 Å². The fourth-order valence-corrected chi connectivity index (χ4v) is 2.84. The van der Waals surface area contributed by atoms with Crippen molar-refractivity contribution in [3.05, 3.63) is 22.4 Å². The molecular formula is C14H15BrFNO4. The Morgan fingerprint density at radius 2 is 2.24 bits per heavy atom. The molecule has 5 nitrogen and oxygen atoms in total. The van der Waals surface area contributed by atoms with Crippen molar-refractivity contribution < 1.29 is 23.5 Å². The number of anilines is 1. The van der Waals surface area contributed by atoms with Crippen LogP contribution in [0.4, 0.5) is 10.1 Å². The first-order valence-electron chi connectivity index (χ1n) is 6.48. The second-order valence-corrected chi connectivity index (χ2v) is 5.45. The Hall–Kier alpha value is -1.63. The molecule has 21 heavy (non-hydrogen) atoms. The largest absolute Gasteiger partial charge is 0.490 e. The highest BCUT2D eigenvalue weighted by Gasteiger charge is 2.37. The lowest BCUT2D eigenvalue weighted by atomic mass is 10.1. The normalized spacial score (nSPS) is 18.0. The second-order valence-electron chi connectivity index (χ2n) is 4.60. The zero-order valence-electron chi connectivity index (χ0n) is 11.7. The molecule has 1 heterocycles. The summed E-state index contributed by atoms with van der Waals surface area (Å²) in [6.45, 7) is 2.32. The first kappa shape index (κ1) is 15.8. The molecule has 2 rings (SSSR count). The Balaban J connectivity index is 2.37. The molecule has 0 radical (unpaired) electrons. The maximum Gasteiger partial charge on any atom is 0.311 e. The number of carbonyl (C=O) groups excluding carboxylic acids is 2. The van der Waals surface area contributed by atoms with Gasteiger partial charge in [-0.15, -0.1) is 0 Å². The molecule has 1 fully saturated rings. The number of carbonyl (C=O) groups is 2. The fourth-order valence-electron chi connectivity index (χ4n) is 2.30. The van der Waals surface area contributed by atoms with Crippen molar-refractivity contribution in [1.29, 1.82) is 0 Å². The van der Waals surface area contributed by atoms with E-state index in [-0.39, 0.29) is 18.9 Å². The minimum absolute atomic E-state index is 0.0480. The molecule has 1 aliphatic rings. The van der Waals surface area contributed by atoms with E-state index in [9.17, 15) is 14.0 Å². The molecular weight excluding hydrogens is 345 g/mol. The van der Waals surface area contributed by atoms with Crippen molar-refractivity contribution in [1.82, 2.24) is 0 Å². The Morgan fingerprint density at radius 3 is 2.86 bits per heavy atom. The SMILES string of the molecule is CCOc1c(Br)cc(F)cc1N1CC(C(=O)OC)CC1=O. The van der Waals surface area contributed by atoms with Crippen molar-refractivity contribution in [3.8, 4) is 5.75 Å². The van der Waals surface area contributed by atoms with E-state index in [1.807, 2.05) is 0 Å². The first-order valence-corrected chi connectivity index (χ1v) is 7.27. The molecule has 0 aliphatic carbocycles. The summed E-state index contributed by atoms with van der Waals surface area (Å²) >= 11 is 3.23. The summed E-state index contributed by atoms with van der Waals surface area (Å²) < 4.78 is 24.2. The Morgan fingerprint density at radius 1 is 1.52 bits per heavy atom. The van der Waals surface area contributed by atoms with Gasteiger partial charge in [0.05, 0.1) is 29.8 Å². The van der Waals surface area contributed by atoms with E-state index in [0.29, 0.717) is 22.5 Å². The molecule has 1 aromatic rings. The smallest absolute Gasteiger partial charge is 0.311 e. The van der Waals surface area contributed by atoms with Gasteiger partial charge in [0.2, 0.25) is 5.91 Å². The molecule has 1 unspecified atom stereocenters. The Kier molecular flexibility index (Phi) is 4.82. The van der Waals surface area contributed by atoms with Crippen molar-refractivity contribution in [2.45, 2.75) is 13.3 Å². The van der Waals surface area contributed by atoms with Gasteiger partial charge in [0.25, 0.3) is 0 Å². The van der Waals surface area contributed by atoms with Crippen molar-refractivity contribution in [3.63, 3.8) is 0 Å². The minimum atomic E-state index is -0.543. The molecule has 0 N–H and O–H groups in total. The number of amides is 1. The molecule has 0 spiro atoms. The van der Waals surface area contributed by atoms with Gasteiger partial charge in [0.15, 0.2) is 5.75 Å². The number of esters is 1. The third-order valence-electron chi connectivity index (χ3n) is 3.23. The second kappa shape index (κ2) is 6.43. The summed E-state index contributed by atoms with van der Waals surface area (Å²) in [6.07, 6.45) is 0.0480. The predicted molar refractivity (Wildman–Crippen MR) is 77.7 cm³/mol. The van der Waals surface area contributed by atoms with Crippen molar-refractivity contribution in [2.24, 2.45) is 5.92 Å². The van der Waals surface area contributed by atoms with Crippen LogP contribution in [0.25, 0.3) is 0 Å². The summed E-state index contributed by atoms with van der Waals surface area (Å²) in [6, 6.07) is 2.50. The van der Waals surface area contributed by atoms with Gasteiger partial charge in [0, 0.05) is 19.0 Å². The zero-order valence-corrected chi connectivity index (χ0v) is 13.3. The number of ether oxygens (including phenoxy) is 2. The van der Waals surface area contributed by atoms with Crippen LogP contribution in [0.15, 0.2) is 16.6 Å². The van der Waals surface area contributed by atoms with E-state index >= 15 is 0 Å². The molecule has 114 valence electrons. The van der Waals surface area contributed by atoms with E-state index in [1.165, 1.54) is 24.1 Å². The first-order chi connectivity index (χ1) is 9.97. The maximum absolute atomic E-state index is 13.6. The lowest BCUT2D eigenvalue weighted by Crippen LogP contribution is -2.27. The van der Waals surface area contributed by atoms with Gasteiger partial charge >= 0.3 is 5.97 Å². The number of methoxy groups -OCH3 is 1. The van der Waals surface area contributed by atoms with Crippen molar-refractivity contribution >= 4 is 33.5 Å². The number of benzene rings is 1. The Bertz CT molecular complexity index is 578. The van der Waals surface area contributed by atoms with E-state index in [2.05, 4.69) is 20.7 Å². The third-order valence-corrected chi connectivity index (χ3v) is 3.82. The molecule has 0 aromatic heterocycles. The van der Waals surface area contributed by atoms with Crippen LogP contribution in [-0.2, 0) is 14.3 Å². The van der Waals surface area contributed by atoms with Gasteiger partial charge in [-0.25, -0.2) is 4.39 Å². The summed E-state index contributed by atoms with van der Waals surface area (Å²) in [4.78, 5) is 25.0. The van der Waals surface area contributed by atoms with Crippen LogP contribution >= 0.6 is 15.9 Å². The fraction of sp³-hybridized carbons (Fsp3) is 0.429. The molecule has 0 bridgehead atoms. The molecule has 1 aromatic carbocycles. The van der Waals surface area contributed by atoms with E-state index in [0.717, 1.165) is 0 Å². The van der Waals surface area contributed by atoms with Crippen LogP contribution in [-0.4, -0.2) is 32.1 Å². The monoisotopic (exact) mass is 359 g/mol. The number of halogens is 2. The van der Waals surface area contributed by atoms with Crippen LogP contribution in [0.5, 0.6) is 5.75 Å². The lowest BCUT2D eigenvalue weighted by molar-refractivity contribution is -0.145. The van der Waals surface area contributed by atoms with Gasteiger partial charge in [-0.05, 0) is 28.9 Å². The molecule has 1 amide bonds. The van der Waals surface area contributed by atoms with E-state index < -0.39 is 17.7 Å². The molecule has 7 heteroatoms. The average molecular weight is 360 g/mol. The number of hydrogen-bond acceptors (Lipinski definition) is 4. The van der Waals surface area contributed by atoms with Gasteiger partial charge in [-0.2, -0.15) is 0 Å². The minimum Gasteiger partial charge on any atom is -0.490 e. The molecule has 0 saturated carbocycles. The van der Waals surface area contributed by atoms with Crippen LogP contribution in [0.3, 0.4) is 0 Å². The summed E-state index contributed by atoms with van der Waals surface area (Å²) in [7, 11) is 1.28. The highest BCUT2D eigenvalue weighted by molar-refractivity contribution is 9.10. The third kappa shape index (κ3) is 3.18. The summed E-state index contributed by atoms with van der Waals surface area (Å²) in [5, 5.41) is 0. The van der Waals surface area contributed by atoms with Gasteiger partial charge in [0.1, 0.15) is 5.82 Å². The lowest BCUT2D eigenvalue weighted by Gasteiger charge is -2.21.